The maximum absolute atomic E-state index is 10.2. The van der Waals surface area contributed by atoms with Crippen molar-refractivity contribution in [1.29, 1.82) is 0 Å². The van der Waals surface area contributed by atoms with Gasteiger partial charge in [0.1, 0.15) is 0 Å². The predicted molar refractivity (Wildman–Crippen MR) is 43.3 cm³/mol. The van der Waals surface area contributed by atoms with Gasteiger partial charge in [-0.05, 0) is 5.92 Å². The molecule has 0 fully saturated rings. The average molecular weight is 144 g/mol. The highest BCUT2D eigenvalue weighted by molar-refractivity contribution is 5.79. The Kier molecular flexibility index (Phi) is 7.49. The topological polar surface area (TPSA) is 69.1 Å². The number of nitrogens with two attached hydrogens (primary N) is 2. The lowest BCUT2D eigenvalue weighted by atomic mass is 10.1. The van der Waals surface area contributed by atoms with Crippen molar-refractivity contribution in [1.82, 2.24) is 0 Å². The van der Waals surface area contributed by atoms with Crippen molar-refractivity contribution >= 4 is 5.91 Å². The molecule has 0 aromatic rings. The number of primary amides is 1. The molecule has 0 spiro atoms. The molecule has 3 heteroatoms. The maximum Gasteiger partial charge on any atom is 0.234 e. The molecule has 0 rings (SSSR count). The Labute approximate surface area is 62.1 Å². The summed E-state index contributed by atoms with van der Waals surface area (Å²) in [5.41, 5.74) is 10.2. The van der Waals surface area contributed by atoms with Gasteiger partial charge in [-0.2, -0.15) is 0 Å². The zero-order valence-electron chi connectivity index (χ0n) is 6.63. The molecule has 0 saturated carbocycles. The quantitative estimate of drug-likeness (QED) is 0.546. The van der Waals surface area contributed by atoms with E-state index in [2.05, 4.69) is 13.2 Å². The molecule has 1 atom stereocenters. The molecule has 1 unspecified atom stereocenters. The molecule has 0 aliphatic rings. The number of rotatable bonds is 2. The summed E-state index contributed by atoms with van der Waals surface area (Å²) in [6.45, 7) is 9.71. The first-order chi connectivity index (χ1) is 4.55. The highest BCUT2D eigenvalue weighted by Gasteiger charge is 2.12. The molecular weight excluding hydrogens is 128 g/mol. The van der Waals surface area contributed by atoms with Gasteiger partial charge in [0, 0.05) is 0 Å². The van der Waals surface area contributed by atoms with Crippen LogP contribution in [0.5, 0.6) is 0 Å². The summed E-state index contributed by atoms with van der Waals surface area (Å²) in [4.78, 5) is 10.2. The monoisotopic (exact) mass is 144 g/mol. The first-order valence-electron chi connectivity index (χ1n) is 3.10. The van der Waals surface area contributed by atoms with Gasteiger partial charge in [-0.3, -0.25) is 4.79 Å². The average Bonchev–Trinajstić information content (AvgIpc) is 1.90. The summed E-state index contributed by atoms with van der Waals surface area (Å²) >= 11 is 0. The molecule has 1 amide bonds. The SMILES string of the molecule is C=C.CC(C)C(N)C(N)=O. The molecule has 0 heterocycles. The fourth-order valence-electron chi connectivity index (χ4n) is 0.329. The van der Waals surface area contributed by atoms with Crippen LogP contribution in [0.3, 0.4) is 0 Å². The molecule has 0 aromatic carbocycles. The zero-order chi connectivity index (χ0) is 8.73. The molecule has 0 aliphatic heterocycles. The Morgan fingerprint density at radius 1 is 1.40 bits per heavy atom. The number of carbonyl (C=O) groups excluding carboxylic acids is 1. The number of amides is 1. The first-order valence-corrected chi connectivity index (χ1v) is 3.10. The Hall–Kier alpha value is -0.830. The Bertz CT molecular complexity index is 102. The molecule has 0 aliphatic carbocycles. The fraction of sp³-hybridized carbons (Fsp3) is 0.571. The van der Waals surface area contributed by atoms with Crippen LogP contribution in [0.25, 0.3) is 0 Å². The van der Waals surface area contributed by atoms with Gasteiger partial charge in [-0.1, -0.05) is 13.8 Å². The van der Waals surface area contributed by atoms with Crippen LogP contribution in [0.1, 0.15) is 13.8 Å². The maximum atomic E-state index is 10.2. The van der Waals surface area contributed by atoms with E-state index >= 15 is 0 Å². The minimum Gasteiger partial charge on any atom is -0.368 e. The summed E-state index contributed by atoms with van der Waals surface area (Å²) in [6.07, 6.45) is 0. The molecule has 0 radical (unpaired) electrons. The second kappa shape index (κ2) is 6.29. The Morgan fingerprint density at radius 3 is 1.70 bits per heavy atom. The molecule has 0 saturated heterocycles. The first kappa shape index (κ1) is 11.9. The van der Waals surface area contributed by atoms with Crippen LogP contribution in [0.4, 0.5) is 0 Å². The van der Waals surface area contributed by atoms with Crippen molar-refractivity contribution in [2.24, 2.45) is 17.4 Å². The zero-order valence-corrected chi connectivity index (χ0v) is 6.63. The number of carbonyl (C=O) groups is 1. The Balaban J connectivity index is 0. The van der Waals surface area contributed by atoms with E-state index < -0.39 is 11.9 Å². The van der Waals surface area contributed by atoms with Crippen LogP contribution in [0.2, 0.25) is 0 Å². The van der Waals surface area contributed by atoms with Gasteiger partial charge in [0.05, 0.1) is 6.04 Å². The van der Waals surface area contributed by atoms with Gasteiger partial charge in [0.25, 0.3) is 0 Å². The second-order valence-electron chi connectivity index (χ2n) is 2.17. The molecule has 3 nitrogen and oxygen atoms in total. The third-order valence-electron chi connectivity index (χ3n) is 1.05. The standard InChI is InChI=1S/C5H12N2O.C2H4/c1-3(2)4(6)5(7)8;1-2/h3-4H,6H2,1-2H3,(H2,7,8);1-2H2. The summed E-state index contributed by atoms with van der Waals surface area (Å²) in [6, 6.07) is -0.491. The van der Waals surface area contributed by atoms with Crippen LogP contribution >= 0.6 is 0 Å². The summed E-state index contributed by atoms with van der Waals surface area (Å²) in [5, 5.41) is 0. The highest BCUT2D eigenvalue weighted by atomic mass is 16.1. The van der Waals surface area contributed by atoms with Crippen molar-refractivity contribution in [2.45, 2.75) is 19.9 Å². The van der Waals surface area contributed by atoms with Crippen LogP contribution in [0.15, 0.2) is 13.2 Å². The third kappa shape index (κ3) is 5.31. The number of hydrogen-bond donors (Lipinski definition) is 2. The van der Waals surface area contributed by atoms with E-state index in [0.717, 1.165) is 0 Å². The van der Waals surface area contributed by atoms with Crippen LogP contribution in [0, 0.1) is 5.92 Å². The van der Waals surface area contributed by atoms with Crippen LogP contribution < -0.4 is 11.5 Å². The van der Waals surface area contributed by atoms with E-state index in [9.17, 15) is 4.79 Å². The molecular formula is C7H16N2O. The second-order valence-corrected chi connectivity index (χ2v) is 2.17. The normalized spacial score (nSPS) is 11.6. The van der Waals surface area contributed by atoms with E-state index in [1.165, 1.54) is 0 Å². The van der Waals surface area contributed by atoms with E-state index in [1.54, 1.807) is 0 Å². The van der Waals surface area contributed by atoms with Gasteiger partial charge in [-0.25, -0.2) is 0 Å². The van der Waals surface area contributed by atoms with Crippen LogP contribution in [-0.4, -0.2) is 11.9 Å². The smallest absolute Gasteiger partial charge is 0.234 e. The highest BCUT2D eigenvalue weighted by Crippen LogP contribution is 1.95. The fourth-order valence-corrected chi connectivity index (χ4v) is 0.329. The van der Waals surface area contributed by atoms with E-state index in [4.69, 9.17) is 11.5 Å². The largest absolute Gasteiger partial charge is 0.368 e. The predicted octanol–water partition coefficient (Wildman–Crippen LogP) is 0.257. The summed E-state index contributed by atoms with van der Waals surface area (Å²) in [7, 11) is 0. The van der Waals surface area contributed by atoms with Crippen molar-refractivity contribution in [3.8, 4) is 0 Å². The minimum atomic E-state index is -0.491. The molecule has 0 aromatic heterocycles. The van der Waals surface area contributed by atoms with E-state index in [0.29, 0.717) is 0 Å². The van der Waals surface area contributed by atoms with Crippen molar-refractivity contribution < 1.29 is 4.79 Å². The van der Waals surface area contributed by atoms with Crippen LogP contribution in [-0.2, 0) is 4.79 Å². The summed E-state index contributed by atoms with van der Waals surface area (Å²) in [5.74, 6) is -0.285. The minimum absolute atomic E-state index is 0.146. The lowest BCUT2D eigenvalue weighted by molar-refractivity contribution is -0.120. The number of hydrogen-bond acceptors (Lipinski definition) is 2. The van der Waals surface area contributed by atoms with Gasteiger partial charge < -0.3 is 11.5 Å². The molecule has 60 valence electrons. The van der Waals surface area contributed by atoms with Crippen molar-refractivity contribution in [2.75, 3.05) is 0 Å². The lowest BCUT2D eigenvalue weighted by Crippen LogP contribution is -2.40. The van der Waals surface area contributed by atoms with E-state index in [-0.39, 0.29) is 5.92 Å². The summed E-state index contributed by atoms with van der Waals surface area (Å²) < 4.78 is 0. The molecule has 0 bridgehead atoms. The lowest BCUT2D eigenvalue weighted by Gasteiger charge is -2.09. The Morgan fingerprint density at radius 2 is 1.70 bits per heavy atom. The van der Waals surface area contributed by atoms with Gasteiger partial charge >= 0.3 is 0 Å². The third-order valence-corrected chi connectivity index (χ3v) is 1.05. The van der Waals surface area contributed by atoms with Gasteiger partial charge in [0.2, 0.25) is 5.91 Å². The molecule has 4 N–H and O–H groups in total. The van der Waals surface area contributed by atoms with Gasteiger partial charge in [-0.15, -0.1) is 13.2 Å². The van der Waals surface area contributed by atoms with E-state index in [1.807, 2.05) is 13.8 Å². The van der Waals surface area contributed by atoms with Crippen molar-refractivity contribution in [3.05, 3.63) is 13.2 Å². The van der Waals surface area contributed by atoms with Gasteiger partial charge in [0.15, 0.2) is 0 Å². The van der Waals surface area contributed by atoms with Crippen molar-refractivity contribution in [3.63, 3.8) is 0 Å². The molecule has 10 heavy (non-hydrogen) atoms.